The van der Waals surface area contributed by atoms with E-state index < -0.39 is 11.6 Å². The third-order valence-electron chi connectivity index (χ3n) is 17.5. The fraction of sp³-hybridized carbons (Fsp3) is 0.468. The van der Waals surface area contributed by atoms with E-state index >= 15 is 4.39 Å². The number of carbonyl (C=O) groups excluding carboxylic acids is 2. The van der Waals surface area contributed by atoms with Gasteiger partial charge in [0.1, 0.15) is 47.0 Å². The summed E-state index contributed by atoms with van der Waals surface area (Å²) in [5, 5.41) is 27.0. The molecule has 5 aliphatic rings. The highest BCUT2D eigenvalue weighted by atomic mass is 19.1. The van der Waals surface area contributed by atoms with E-state index in [9.17, 15) is 19.1 Å². The van der Waals surface area contributed by atoms with Gasteiger partial charge in [-0.2, -0.15) is 15.1 Å². The van der Waals surface area contributed by atoms with Gasteiger partial charge >= 0.3 is 6.01 Å². The van der Waals surface area contributed by atoms with Gasteiger partial charge in [0.05, 0.1) is 22.7 Å². The summed E-state index contributed by atoms with van der Waals surface area (Å²) in [5.41, 5.74) is 3.27. The zero-order chi connectivity index (χ0) is 56.5. The molecule has 5 fully saturated rings. The molecule has 5 atom stereocenters. The van der Waals surface area contributed by atoms with Gasteiger partial charge in [0.15, 0.2) is 11.6 Å². The van der Waals surface area contributed by atoms with Crippen LogP contribution in [0.15, 0.2) is 77.6 Å². The summed E-state index contributed by atoms with van der Waals surface area (Å²) in [4.78, 5) is 45.9. The smallest absolute Gasteiger partial charge is 0.319 e. The number of benzene rings is 3. The Balaban J connectivity index is 0.000000240. The largest absolute Gasteiger partial charge is 0.508 e. The fourth-order valence-electron chi connectivity index (χ4n) is 12.5. The second-order valence-electron chi connectivity index (χ2n) is 23.2. The SMILES string of the molecule is C#Cc1c(F)ccc2cc(O)cc(-c3ncc4c(N5CC6CCC(C5)N6)nc(OCCN5CCC(CC6CN(c7cc(C(C)C(C)C)on7)C6)CC5)nc4c3F)c12.CC(NC(=O)C1CCCN1C=O)c1ccc(-c2ccnn2C)cc1. The summed E-state index contributed by atoms with van der Waals surface area (Å²) >= 11 is 0. The number of phenolic OH excluding ortho intramolecular Hbond substituents is 1. The third-order valence-corrected chi connectivity index (χ3v) is 17.5. The summed E-state index contributed by atoms with van der Waals surface area (Å²) in [5.74, 6) is 5.62. The van der Waals surface area contributed by atoms with E-state index in [-0.39, 0.29) is 52.1 Å². The first-order valence-electron chi connectivity index (χ1n) is 28.7. The molecular formula is C62H72F2N12O5. The van der Waals surface area contributed by atoms with Crippen LogP contribution in [0.5, 0.6) is 11.8 Å². The molecule has 0 aliphatic carbocycles. The summed E-state index contributed by atoms with van der Waals surface area (Å²) in [6.45, 7) is 15.8. The normalized spacial score (nSPS) is 20.3. The van der Waals surface area contributed by atoms with Gasteiger partial charge in [-0.3, -0.25) is 24.2 Å². The van der Waals surface area contributed by atoms with E-state index in [0.717, 1.165) is 113 Å². The molecule has 5 unspecified atom stereocenters. The number of likely N-dealkylation sites (tertiary alicyclic amines) is 2. The maximum Gasteiger partial charge on any atom is 0.319 e. The van der Waals surface area contributed by atoms with Gasteiger partial charge in [-0.1, -0.05) is 62.2 Å². The van der Waals surface area contributed by atoms with Crippen molar-refractivity contribution in [3.8, 4) is 46.6 Å². The number of nitrogens with one attached hydrogen (secondary N) is 2. The van der Waals surface area contributed by atoms with Crippen LogP contribution in [0.2, 0.25) is 0 Å². The van der Waals surface area contributed by atoms with E-state index in [1.807, 2.05) is 49.0 Å². The molecule has 2 bridgehead atoms. The number of aryl methyl sites for hydroxylation is 1. The number of rotatable bonds is 16. The molecule has 424 valence electrons. The molecule has 17 nitrogen and oxygen atoms in total. The van der Waals surface area contributed by atoms with Crippen molar-refractivity contribution in [2.45, 2.75) is 103 Å². The number of terminal acetylenes is 1. The van der Waals surface area contributed by atoms with E-state index in [4.69, 9.17) is 20.7 Å². The maximum absolute atomic E-state index is 16.9. The molecule has 19 heteroatoms. The second kappa shape index (κ2) is 23.8. The average molecular weight is 1100 g/mol. The Morgan fingerprint density at radius 1 is 0.938 bits per heavy atom. The maximum atomic E-state index is 16.9. The minimum absolute atomic E-state index is 0.0283. The first kappa shape index (κ1) is 55.2. The zero-order valence-electron chi connectivity index (χ0n) is 46.8. The molecule has 7 aromatic rings. The van der Waals surface area contributed by atoms with Gasteiger partial charge in [0, 0.05) is 93.7 Å². The Kier molecular flexibility index (Phi) is 16.2. The van der Waals surface area contributed by atoms with E-state index in [0.29, 0.717) is 77.4 Å². The van der Waals surface area contributed by atoms with Crippen LogP contribution in [0.3, 0.4) is 0 Å². The lowest BCUT2D eigenvalue weighted by molar-refractivity contribution is -0.131. The van der Waals surface area contributed by atoms with Gasteiger partial charge in [-0.05, 0) is 123 Å². The molecular weight excluding hydrogens is 1030 g/mol. The van der Waals surface area contributed by atoms with Crippen molar-refractivity contribution in [1.29, 1.82) is 0 Å². The summed E-state index contributed by atoms with van der Waals surface area (Å²) in [6, 6.07) is 18.0. The van der Waals surface area contributed by atoms with Crippen molar-refractivity contribution in [3.63, 3.8) is 0 Å². The zero-order valence-corrected chi connectivity index (χ0v) is 46.8. The number of hydrogen-bond acceptors (Lipinski definition) is 14. The highest BCUT2D eigenvalue weighted by Gasteiger charge is 2.36. The number of halogens is 2. The van der Waals surface area contributed by atoms with Crippen molar-refractivity contribution >= 4 is 45.6 Å². The predicted octanol–water partition coefficient (Wildman–Crippen LogP) is 9.00. The van der Waals surface area contributed by atoms with E-state index in [1.165, 1.54) is 30.7 Å². The van der Waals surface area contributed by atoms with Crippen LogP contribution in [-0.2, 0) is 16.6 Å². The van der Waals surface area contributed by atoms with Crippen LogP contribution in [0.25, 0.3) is 44.2 Å². The minimum Gasteiger partial charge on any atom is -0.508 e. The number of phenols is 1. The summed E-state index contributed by atoms with van der Waals surface area (Å²) in [6.07, 6.45) is 17.1. The van der Waals surface area contributed by atoms with Crippen molar-refractivity contribution in [2.24, 2.45) is 24.8 Å². The summed E-state index contributed by atoms with van der Waals surface area (Å²) in [7, 11) is 1.91. The Bertz CT molecular complexity index is 3430. The molecule has 81 heavy (non-hydrogen) atoms. The van der Waals surface area contributed by atoms with Crippen LogP contribution in [-0.4, -0.2) is 134 Å². The number of aromatic hydroxyl groups is 1. The third kappa shape index (κ3) is 11.8. The number of aromatic nitrogens is 6. The highest BCUT2D eigenvalue weighted by Crippen LogP contribution is 2.40. The lowest BCUT2D eigenvalue weighted by atomic mass is 9.83. The number of piperazine rings is 1. The number of hydrogen-bond donors (Lipinski definition) is 3. The molecule has 9 heterocycles. The standard InChI is InChI=1S/C44H50F2N8O3.C18H22N4O2/c1-5-33-36(45)9-6-29-17-32(55)18-34(39(29)33)41-40(46)42-35(20-47-41)43(54-23-30-7-8-31(24-54)48-30)50-44(49-42)56-15-14-52-12-10-27(11-13-52)16-28-21-53(22-28)38-19-37(57-51-38)26(4)25(2)3;1-13(20-18(24)17-4-3-11-22(17)12-23)14-5-7-15(8-6-14)16-9-10-19-21(16)2/h1,6,9,17-20,25-28,30-31,48,55H,7-8,10-16,21-24H2,2-4H3;5-10,12-13,17H,3-4,11H2,1-2H3,(H,20,24). The molecule has 2 amide bonds. The lowest BCUT2D eigenvalue weighted by Gasteiger charge is -2.42. The van der Waals surface area contributed by atoms with E-state index in [1.54, 1.807) is 17.3 Å². The number of anilines is 2. The fourth-order valence-corrected chi connectivity index (χ4v) is 12.5. The molecule has 3 aromatic carbocycles. The van der Waals surface area contributed by atoms with Crippen molar-refractivity contribution in [3.05, 3.63) is 102 Å². The quantitative estimate of drug-likeness (QED) is 0.0616. The monoisotopic (exact) mass is 1100 g/mol. The molecule has 5 aliphatic heterocycles. The first-order chi connectivity index (χ1) is 39.2. The lowest BCUT2D eigenvalue weighted by Crippen LogP contribution is -2.51. The number of nitrogens with zero attached hydrogens (tertiary/aromatic N) is 10. The van der Waals surface area contributed by atoms with Gasteiger partial charge in [-0.25, -0.2) is 8.78 Å². The average Bonchev–Trinajstić information content (AvgIpc) is 4.36. The Morgan fingerprint density at radius 2 is 1.70 bits per heavy atom. The van der Waals surface area contributed by atoms with E-state index in [2.05, 4.69) is 78.3 Å². The molecule has 12 rings (SSSR count). The highest BCUT2D eigenvalue weighted by molar-refractivity contribution is 6.03. The van der Waals surface area contributed by atoms with Crippen molar-refractivity contribution < 1.29 is 32.7 Å². The Morgan fingerprint density at radius 3 is 2.41 bits per heavy atom. The molecule has 3 N–H and O–H groups in total. The number of amides is 2. The molecule has 5 saturated heterocycles. The molecule has 0 saturated carbocycles. The van der Waals surface area contributed by atoms with Crippen LogP contribution in [0, 0.1) is 41.7 Å². The van der Waals surface area contributed by atoms with Gasteiger partial charge in [0.25, 0.3) is 0 Å². The molecule has 0 spiro atoms. The number of piperidine rings is 1. The van der Waals surface area contributed by atoms with Crippen molar-refractivity contribution in [2.75, 3.05) is 68.8 Å². The second-order valence-corrected chi connectivity index (χ2v) is 23.2. The Labute approximate surface area is 471 Å². The number of pyridine rings is 1. The number of fused-ring (bicyclic) bond motifs is 4. The topological polar surface area (TPSA) is 183 Å². The van der Waals surface area contributed by atoms with Crippen LogP contribution in [0.4, 0.5) is 20.4 Å². The molecule has 0 radical (unpaired) electrons. The van der Waals surface area contributed by atoms with Gasteiger partial charge < -0.3 is 39.7 Å². The Hall–Kier alpha value is -7.69. The van der Waals surface area contributed by atoms with Crippen LogP contribution >= 0.6 is 0 Å². The van der Waals surface area contributed by atoms with Gasteiger partial charge in [-0.15, -0.1) is 6.42 Å². The minimum atomic E-state index is -0.721. The van der Waals surface area contributed by atoms with Gasteiger partial charge in [0.2, 0.25) is 12.3 Å². The predicted molar refractivity (Wildman–Crippen MR) is 308 cm³/mol. The van der Waals surface area contributed by atoms with Crippen LogP contribution in [0.1, 0.15) is 101 Å². The molecule has 4 aromatic heterocycles. The van der Waals surface area contributed by atoms with Crippen molar-refractivity contribution in [1.82, 2.24) is 50.3 Å². The first-order valence-corrected chi connectivity index (χ1v) is 28.7. The van der Waals surface area contributed by atoms with Crippen LogP contribution < -0.4 is 25.2 Å². The summed E-state index contributed by atoms with van der Waals surface area (Å²) < 4.78 is 45.5. The number of ether oxygens (including phenoxy) is 1. The number of carbonyl (C=O) groups is 2.